The molecule has 0 amide bonds. The number of nitrogens with zero attached hydrogens (tertiary/aromatic N) is 1. The lowest BCUT2D eigenvalue weighted by molar-refractivity contribution is -0.125. The predicted octanol–water partition coefficient (Wildman–Crippen LogP) is 3.36. The van der Waals surface area contributed by atoms with E-state index in [4.69, 9.17) is 4.74 Å². The zero-order valence-electron chi connectivity index (χ0n) is 21.2. The molecule has 0 saturated carbocycles. The second kappa shape index (κ2) is 9.25. The molecule has 0 radical (unpaired) electrons. The summed E-state index contributed by atoms with van der Waals surface area (Å²) < 4.78 is 60.8. The summed E-state index contributed by atoms with van der Waals surface area (Å²) in [5, 5.41) is 2.86. The van der Waals surface area contributed by atoms with Crippen molar-refractivity contribution < 1.29 is 31.2 Å². The third kappa shape index (κ3) is 4.99. The Morgan fingerprint density at radius 2 is 1.86 bits per heavy atom. The van der Waals surface area contributed by atoms with Gasteiger partial charge in [-0.25, -0.2) is 8.42 Å². The summed E-state index contributed by atoms with van der Waals surface area (Å²) in [5.74, 6) is -2.01. The Morgan fingerprint density at radius 1 is 1.16 bits per heavy atom. The van der Waals surface area contributed by atoms with Gasteiger partial charge in [0.25, 0.3) is 10.0 Å². The maximum absolute atomic E-state index is 14.0. The Balaban J connectivity index is 1.82. The summed E-state index contributed by atoms with van der Waals surface area (Å²) in [7, 11) is -6.53. The van der Waals surface area contributed by atoms with Crippen LogP contribution in [0.3, 0.4) is 0 Å². The number of methoxy groups -OCH3 is 1. The average Bonchev–Trinajstić information content (AvgIpc) is 2.80. The number of ketones is 2. The number of amidine groups is 1. The van der Waals surface area contributed by atoms with Crippen LogP contribution in [0, 0.1) is 11.8 Å². The highest BCUT2D eigenvalue weighted by molar-refractivity contribution is 7.92. The average molecular weight is 548 g/mol. The first-order valence-electron chi connectivity index (χ1n) is 11.7. The van der Waals surface area contributed by atoms with Gasteiger partial charge in [0.15, 0.2) is 11.6 Å². The Labute approximate surface area is 216 Å². The largest absolute Gasteiger partial charge is 0.497 e. The van der Waals surface area contributed by atoms with Gasteiger partial charge in [0.1, 0.15) is 22.4 Å². The zero-order chi connectivity index (χ0) is 27.3. The molecule has 0 fully saturated rings. The van der Waals surface area contributed by atoms with Crippen LogP contribution >= 0.6 is 0 Å². The van der Waals surface area contributed by atoms with Crippen molar-refractivity contribution in [2.24, 2.45) is 16.2 Å². The van der Waals surface area contributed by atoms with Crippen LogP contribution in [0.2, 0.25) is 0 Å². The van der Waals surface area contributed by atoms with Gasteiger partial charge in [-0.2, -0.15) is 8.42 Å². The molecule has 12 heteroatoms. The van der Waals surface area contributed by atoms with Crippen LogP contribution in [0.5, 0.6) is 5.75 Å². The molecular formula is C25H29N3O7S2. The first-order chi connectivity index (χ1) is 17.2. The predicted molar refractivity (Wildman–Crippen MR) is 140 cm³/mol. The van der Waals surface area contributed by atoms with Crippen molar-refractivity contribution in [1.82, 2.24) is 0 Å². The molecule has 2 atom stereocenters. The number of hydrogen-bond donors (Lipinski definition) is 2. The maximum atomic E-state index is 14.0. The lowest BCUT2D eigenvalue weighted by Crippen LogP contribution is -2.51. The molecule has 1 aliphatic carbocycles. The van der Waals surface area contributed by atoms with Gasteiger partial charge in [-0.1, -0.05) is 19.9 Å². The van der Waals surface area contributed by atoms with Gasteiger partial charge in [-0.3, -0.25) is 14.3 Å². The van der Waals surface area contributed by atoms with E-state index < -0.39 is 42.9 Å². The monoisotopic (exact) mass is 547 g/mol. The van der Waals surface area contributed by atoms with E-state index in [9.17, 15) is 26.4 Å². The van der Waals surface area contributed by atoms with Gasteiger partial charge in [-0.15, -0.1) is 4.40 Å². The summed E-state index contributed by atoms with van der Waals surface area (Å²) in [4.78, 5) is 27.4. The third-order valence-electron chi connectivity index (χ3n) is 6.69. The summed E-state index contributed by atoms with van der Waals surface area (Å²) in [6.07, 6.45) is 2.12. The van der Waals surface area contributed by atoms with E-state index in [2.05, 4.69) is 14.4 Å². The standard InChI is InChI=1S/C25H29N3O7S2/c1-14(2)10-11-25(3)18-8-7-16(35-4)13-17(18)22(29)21(23(25)30)24-26-19-9-6-15(27-36(5,31)32)12-20(19)37(33,34)28-24/h6-9,12-14,21,27H,10-11H2,1-5H3,(H,26,28). The summed E-state index contributed by atoms with van der Waals surface area (Å²) in [6.45, 7) is 5.85. The van der Waals surface area contributed by atoms with E-state index in [0.29, 0.717) is 30.1 Å². The second-order valence-corrected chi connectivity index (χ2v) is 13.3. The van der Waals surface area contributed by atoms with Gasteiger partial charge in [0.2, 0.25) is 10.0 Å². The number of fused-ring (bicyclic) bond motifs is 2. The Bertz CT molecular complexity index is 1550. The molecule has 10 nitrogen and oxygen atoms in total. The Hall–Kier alpha value is -3.25. The third-order valence-corrected chi connectivity index (χ3v) is 8.63. The molecule has 2 aromatic carbocycles. The van der Waals surface area contributed by atoms with Crippen molar-refractivity contribution in [3.8, 4) is 5.75 Å². The van der Waals surface area contributed by atoms with E-state index in [-0.39, 0.29) is 27.7 Å². The highest BCUT2D eigenvalue weighted by Gasteiger charge is 2.51. The van der Waals surface area contributed by atoms with Crippen LogP contribution in [0.1, 0.15) is 49.5 Å². The van der Waals surface area contributed by atoms with Gasteiger partial charge < -0.3 is 10.1 Å². The number of Topliss-reactive ketones (excluding diaryl/α,β-unsaturated/α-hetero) is 2. The summed E-state index contributed by atoms with van der Waals surface area (Å²) in [6, 6.07) is 8.87. The lowest BCUT2D eigenvalue weighted by atomic mass is 9.63. The van der Waals surface area contributed by atoms with E-state index in [1.54, 1.807) is 25.1 Å². The highest BCUT2D eigenvalue weighted by atomic mass is 32.2. The molecule has 1 heterocycles. The van der Waals surface area contributed by atoms with E-state index in [1.807, 2.05) is 13.8 Å². The van der Waals surface area contributed by atoms with E-state index in [1.165, 1.54) is 19.2 Å². The molecule has 0 spiro atoms. The molecule has 1 aliphatic heterocycles. The topological polar surface area (TPSA) is 148 Å². The van der Waals surface area contributed by atoms with Crippen molar-refractivity contribution in [3.63, 3.8) is 0 Å². The molecule has 198 valence electrons. The Kier molecular flexibility index (Phi) is 6.70. The van der Waals surface area contributed by atoms with E-state index >= 15 is 0 Å². The Morgan fingerprint density at radius 3 is 2.49 bits per heavy atom. The van der Waals surface area contributed by atoms with Crippen LogP contribution < -0.4 is 14.8 Å². The van der Waals surface area contributed by atoms with Gasteiger partial charge in [-0.05, 0) is 61.6 Å². The maximum Gasteiger partial charge on any atom is 0.286 e. The highest BCUT2D eigenvalue weighted by Crippen LogP contribution is 2.44. The molecule has 37 heavy (non-hydrogen) atoms. The first-order valence-corrected chi connectivity index (χ1v) is 15.0. The quantitative estimate of drug-likeness (QED) is 0.502. The minimum Gasteiger partial charge on any atom is -0.497 e. The van der Waals surface area contributed by atoms with Crippen molar-refractivity contribution in [2.45, 2.75) is 43.9 Å². The van der Waals surface area contributed by atoms with Crippen LogP contribution in [-0.2, 0) is 30.3 Å². The molecule has 2 aliphatic rings. The number of nitrogens with one attached hydrogen (secondary N) is 2. The number of ether oxygens (including phenoxy) is 1. The number of benzene rings is 2. The SMILES string of the molecule is COc1ccc2c(c1)C(=O)C(C1=NS(=O)(=O)c3cc(NS(C)(=O)=O)ccc3N1)C(=O)C2(C)CCC(C)C. The van der Waals surface area contributed by atoms with Crippen LogP contribution in [0.25, 0.3) is 0 Å². The number of anilines is 2. The molecule has 0 bridgehead atoms. The molecule has 4 rings (SSSR count). The van der Waals surface area contributed by atoms with Crippen molar-refractivity contribution in [2.75, 3.05) is 23.4 Å². The molecule has 2 N–H and O–H groups in total. The fourth-order valence-corrected chi connectivity index (χ4v) is 6.46. The van der Waals surface area contributed by atoms with Crippen molar-refractivity contribution in [3.05, 3.63) is 47.5 Å². The lowest BCUT2D eigenvalue weighted by Gasteiger charge is -2.39. The first kappa shape index (κ1) is 26.8. The summed E-state index contributed by atoms with van der Waals surface area (Å²) >= 11 is 0. The van der Waals surface area contributed by atoms with Gasteiger partial charge >= 0.3 is 0 Å². The molecule has 0 saturated heterocycles. The second-order valence-electron chi connectivity index (χ2n) is 10.00. The fraction of sp³-hybridized carbons (Fsp3) is 0.400. The number of hydrogen-bond acceptors (Lipinski definition) is 8. The number of carbonyl (C=O) groups is 2. The van der Waals surface area contributed by atoms with Crippen molar-refractivity contribution >= 4 is 48.8 Å². The van der Waals surface area contributed by atoms with Crippen LogP contribution in [0.15, 0.2) is 45.7 Å². The minimum absolute atomic E-state index is 0.0392. The fourth-order valence-electron chi connectivity index (χ4n) is 4.73. The number of carbonyl (C=O) groups excluding carboxylic acids is 2. The van der Waals surface area contributed by atoms with Crippen molar-refractivity contribution in [1.29, 1.82) is 0 Å². The van der Waals surface area contributed by atoms with E-state index in [0.717, 1.165) is 12.3 Å². The van der Waals surface area contributed by atoms with Gasteiger partial charge in [0, 0.05) is 11.3 Å². The minimum atomic E-state index is -4.36. The normalized spacial score (nSPS) is 22.5. The van der Waals surface area contributed by atoms with Crippen LogP contribution in [0.4, 0.5) is 11.4 Å². The molecule has 2 aromatic rings. The van der Waals surface area contributed by atoms with Crippen LogP contribution in [-0.4, -0.2) is 47.6 Å². The summed E-state index contributed by atoms with van der Waals surface area (Å²) in [5.41, 5.74) is -0.0589. The number of sulfonamides is 2. The molecule has 0 aromatic heterocycles. The number of rotatable bonds is 7. The molecule has 2 unspecified atom stereocenters. The zero-order valence-corrected chi connectivity index (χ0v) is 22.8. The smallest absolute Gasteiger partial charge is 0.286 e. The van der Waals surface area contributed by atoms with Gasteiger partial charge in [0.05, 0.1) is 24.5 Å². The molecular weight excluding hydrogens is 518 g/mol.